The molecular weight excluding hydrogens is 436 g/mol. The summed E-state index contributed by atoms with van der Waals surface area (Å²) < 4.78 is 16.8. The number of nitrogens with zero attached hydrogens (tertiary/aromatic N) is 2. The van der Waals surface area contributed by atoms with Crippen molar-refractivity contribution in [2.24, 2.45) is 0 Å². The summed E-state index contributed by atoms with van der Waals surface area (Å²) in [7, 11) is 1.65. The number of hydrogen-bond acceptors (Lipinski definition) is 6. The molecule has 2 aliphatic heterocycles. The van der Waals surface area contributed by atoms with Gasteiger partial charge in [0, 0.05) is 16.6 Å². The van der Waals surface area contributed by atoms with Crippen molar-refractivity contribution in [2.45, 2.75) is 25.4 Å². The Labute approximate surface area is 198 Å². The predicted molar refractivity (Wildman–Crippen MR) is 129 cm³/mol. The van der Waals surface area contributed by atoms with Gasteiger partial charge in [-0.05, 0) is 72.8 Å². The van der Waals surface area contributed by atoms with Crippen molar-refractivity contribution in [3.63, 3.8) is 0 Å². The first-order valence-corrected chi connectivity index (χ1v) is 12.2. The van der Waals surface area contributed by atoms with Crippen molar-refractivity contribution in [2.75, 3.05) is 38.3 Å². The van der Waals surface area contributed by atoms with Gasteiger partial charge in [0.1, 0.15) is 19.0 Å². The number of ether oxygens (including phenoxy) is 3. The van der Waals surface area contributed by atoms with Crippen LogP contribution in [0.4, 0.5) is 5.69 Å². The zero-order valence-electron chi connectivity index (χ0n) is 18.7. The lowest BCUT2D eigenvalue weighted by Gasteiger charge is -2.29. The van der Waals surface area contributed by atoms with Crippen LogP contribution in [0.2, 0.25) is 0 Å². The molecule has 0 saturated carbocycles. The Kier molecular flexibility index (Phi) is 6.51. The van der Waals surface area contributed by atoms with E-state index in [0.29, 0.717) is 26.3 Å². The first-order valence-electron chi connectivity index (χ1n) is 11.3. The number of carbonyl (C=O) groups is 1. The summed E-state index contributed by atoms with van der Waals surface area (Å²) in [6.07, 6.45) is 2.10. The van der Waals surface area contributed by atoms with E-state index in [2.05, 4.69) is 23.1 Å². The molecule has 0 unspecified atom stereocenters. The Morgan fingerprint density at radius 1 is 1.12 bits per heavy atom. The molecule has 3 heterocycles. The molecule has 1 saturated heterocycles. The van der Waals surface area contributed by atoms with E-state index in [-0.39, 0.29) is 11.9 Å². The lowest BCUT2D eigenvalue weighted by atomic mass is 10.0. The molecule has 0 radical (unpaired) electrons. The summed E-state index contributed by atoms with van der Waals surface area (Å²) >= 11 is 1.67. The Bertz CT molecular complexity index is 1080. The van der Waals surface area contributed by atoms with E-state index in [1.54, 1.807) is 18.4 Å². The van der Waals surface area contributed by atoms with Gasteiger partial charge in [-0.25, -0.2) is 0 Å². The minimum atomic E-state index is 0.0954. The summed E-state index contributed by atoms with van der Waals surface area (Å²) in [5, 5.41) is 2.05. The van der Waals surface area contributed by atoms with Gasteiger partial charge < -0.3 is 19.1 Å². The van der Waals surface area contributed by atoms with Gasteiger partial charge in [0.2, 0.25) is 5.91 Å². The fourth-order valence-electron chi connectivity index (χ4n) is 4.56. The van der Waals surface area contributed by atoms with Crippen molar-refractivity contribution in [1.29, 1.82) is 0 Å². The number of anilines is 1. The first kappa shape index (κ1) is 21.8. The number of likely N-dealkylation sites (tertiary alicyclic amines) is 1. The van der Waals surface area contributed by atoms with Crippen LogP contribution in [0.15, 0.2) is 60.0 Å². The molecule has 0 aliphatic carbocycles. The Balaban J connectivity index is 1.35. The molecular formula is C26H28N2O4S. The lowest BCUT2D eigenvalue weighted by Crippen LogP contribution is -2.40. The van der Waals surface area contributed by atoms with Gasteiger partial charge in [-0.3, -0.25) is 9.69 Å². The van der Waals surface area contributed by atoms with Crippen molar-refractivity contribution in [3.8, 4) is 17.2 Å². The SMILES string of the molecule is COc1ccc(N(Cc2cccs2)C(=O)CN2CCC[C@H]2c2ccc3c(c2)OCCO3)cc1. The summed E-state index contributed by atoms with van der Waals surface area (Å²) in [4.78, 5) is 18.9. The summed E-state index contributed by atoms with van der Waals surface area (Å²) in [6, 6.07) is 18.2. The second-order valence-electron chi connectivity index (χ2n) is 8.29. The smallest absolute Gasteiger partial charge is 0.241 e. The van der Waals surface area contributed by atoms with Gasteiger partial charge in [-0.15, -0.1) is 11.3 Å². The van der Waals surface area contributed by atoms with Crippen LogP contribution in [0.5, 0.6) is 17.2 Å². The minimum absolute atomic E-state index is 0.0954. The molecule has 3 aromatic rings. The van der Waals surface area contributed by atoms with Gasteiger partial charge in [-0.2, -0.15) is 0 Å². The number of benzene rings is 2. The summed E-state index contributed by atoms with van der Waals surface area (Å²) in [6.45, 7) is 2.99. The molecule has 7 heteroatoms. The molecule has 1 fully saturated rings. The maximum Gasteiger partial charge on any atom is 0.241 e. The predicted octanol–water partition coefficient (Wildman–Crippen LogP) is 4.90. The third-order valence-corrected chi connectivity index (χ3v) is 7.09. The first-order chi connectivity index (χ1) is 16.2. The Morgan fingerprint density at radius 2 is 1.94 bits per heavy atom. The average molecular weight is 465 g/mol. The molecule has 1 atom stereocenters. The van der Waals surface area contributed by atoms with E-state index in [9.17, 15) is 4.79 Å². The van der Waals surface area contributed by atoms with Gasteiger partial charge in [0.05, 0.1) is 20.2 Å². The lowest BCUT2D eigenvalue weighted by molar-refractivity contribution is -0.120. The van der Waals surface area contributed by atoms with Gasteiger partial charge >= 0.3 is 0 Å². The van der Waals surface area contributed by atoms with Crippen LogP contribution in [0.1, 0.15) is 29.3 Å². The van der Waals surface area contributed by atoms with E-state index >= 15 is 0 Å². The molecule has 0 bridgehead atoms. The van der Waals surface area contributed by atoms with Gasteiger partial charge in [0.15, 0.2) is 11.5 Å². The van der Waals surface area contributed by atoms with E-state index in [4.69, 9.17) is 14.2 Å². The number of fused-ring (bicyclic) bond motifs is 1. The summed E-state index contributed by atoms with van der Waals surface area (Å²) in [5.74, 6) is 2.47. The number of amides is 1. The van der Waals surface area contributed by atoms with E-state index in [1.165, 1.54) is 5.56 Å². The van der Waals surface area contributed by atoms with Crippen molar-refractivity contribution < 1.29 is 19.0 Å². The van der Waals surface area contributed by atoms with Crippen molar-refractivity contribution in [3.05, 3.63) is 70.4 Å². The largest absolute Gasteiger partial charge is 0.497 e. The van der Waals surface area contributed by atoms with Crippen LogP contribution in [-0.2, 0) is 11.3 Å². The second-order valence-corrected chi connectivity index (χ2v) is 9.32. The molecule has 2 aromatic carbocycles. The molecule has 1 amide bonds. The molecule has 5 rings (SSSR count). The molecule has 1 aromatic heterocycles. The zero-order chi connectivity index (χ0) is 22.6. The highest BCUT2D eigenvalue weighted by molar-refractivity contribution is 7.09. The fraction of sp³-hybridized carbons (Fsp3) is 0.346. The number of thiophene rings is 1. The van der Waals surface area contributed by atoms with Crippen molar-refractivity contribution >= 4 is 22.9 Å². The van der Waals surface area contributed by atoms with Crippen LogP contribution in [0.25, 0.3) is 0 Å². The highest BCUT2D eigenvalue weighted by Crippen LogP contribution is 2.38. The number of methoxy groups -OCH3 is 1. The normalized spacial score (nSPS) is 17.7. The molecule has 172 valence electrons. The molecule has 2 aliphatic rings. The highest BCUT2D eigenvalue weighted by atomic mass is 32.1. The molecule has 0 N–H and O–H groups in total. The van der Waals surface area contributed by atoms with Crippen molar-refractivity contribution in [1.82, 2.24) is 4.90 Å². The maximum atomic E-state index is 13.6. The number of rotatable bonds is 7. The molecule has 33 heavy (non-hydrogen) atoms. The van der Waals surface area contributed by atoms with E-state index < -0.39 is 0 Å². The Hall–Kier alpha value is -3.03. The second kappa shape index (κ2) is 9.85. The number of hydrogen-bond donors (Lipinski definition) is 0. The fourth-order valence-corrected chi connectivity index (χ4v) is 5.26. The van der Waals surface area contributed by atoms with E-state index in [0.717, 1.165) is 47.2 Å². The molecule has 6 nitrogen and oxygen atoms in total. The topological polar surface area (TPSA) is 51.2 Å². The zero-order valence-corrected chi connectivity index (χ0v) is 19.6. The molecule has 0 spiro atoms. The van der Waals surface area contributed by atoms with E-state index in [1.807, 2.05) is 46.7 Å². The monoisotopic (exact) mass is 464 g/mol. The Morgan fingerprint density at radius 3 is 2.70 bits per heavy atom. The quantitative estimate of drug-likeness (QED) is 0.498. The highest BCUT2D eigenvalue weighted by Gasteiger charge is 2.30. The standard InChI is InChI=1S/C26H28N2O4S/c1-30-21-9-7-20(8-10-21)28(17-22-4-3-15-33-22)26(29)18-27-12-2-5-23(27)19-6-11-24-25(16-19)32-14-13-31-24/h3-4,6-11,15-16,23H,2,5,12-14,17-18H2,1H3/t23-/m0/s1. The summed E-state index contributed by atoms with van der Waals surface area (Å²) in [5.41, 5.74) is 2.06. The third kappa shape index (κ3) is 4.84. The van der Waals surface area contributed by atoms with Gasteiger partial charge in [-0.1, -0.05) is 12.1 Å². The van der Waals surface area contributed by atoms with Crippen LogP contribution < -0.4 is 19.1 Å². The third-order valence-electron chi connectivity index (χ3n) is 6.23. The van der Waals surface area contributed by atoms with Crippen LogP contribution >= 0.6 is 11.3 Å². The van der Waals surface area contributed by atoms with Gasteiger partial charge in [0.25, 0.3) is 0 Å². The van der Waals surface area contributed by atoms with Crippen LogP contribution in [-0.4, -0.2) is 44.2 Å². The maximum absolute atomic E-state index is 13.6. The number of carbonyl (C=O) groups excluding carboxylic acids is 1. The van der Waals surface area contributed by atoms with Crippen LogP contribution in [0, 0.1) is 0 Å². The average Bonchev–Trinajstić information content (AvgIpc) is 3.54. The van der Waals surface area contributed by atoms with Crippen LogP contribution in [0.3, 0.4) is 0 Å². The minimum Gasteiger partial charge on any atom is -0.497 e.